The van der Waals surface area contributed by atoms with Crippen molar-refractivity contribution < 1.29 is 9.59 Å². The number of rotatable bonds is 5. The maximum Gasteiger partial charge on any atom is 0.250 e. The number of amides is 2. The lowest BCUT2D eigenvalue weighted by Crippen LogP contribution is -2.65. The summed E-state index contributed by atoms with van der Waals surface area (Å²) in [4.78, 5) is 30.2. The fourth-order valence-electron chi connectivity index (χ4n) is 4.70. The van der Waals surface area contributed by atoms with Crippen molar-refractivity contribution in [3.63, 3.8) is 0 Å². The second-order valence-corrected chi connectivity index (χ2v) is 8.38. The predicted molar refractivity (Wildman–Crippen MR) is 116 cm³/mol. The first-order valence-electron chi connectivity index (χ1n) is 10.5. The summed E-state index contributed by atoms with van der Waals surface area (Å²) < 4.78 is 0. The lowest BCUT2D eigenvalue weighted by Gasteiger charge is -2.54. The van der Waals surface area contributed by atoms with Crippen molar-refractivity contribution in [1.82, 2.24) is 4.90 Å². The summed E-state index contributed by atoms with van der Waals surface area (Å²) in [5.74, 6) is 0.0302. The van der Waals surface area contributed by atoms with Gasteiger partial charge in [0.1, 0.15) is 5.54 Å². The van der Waals surface area contributed by atoms with Gasteiger partial charge in [-0.15, -0.1) is 0 Å². The van der Waals surface area contributed by atoms with Crippen LogP contribution in [-0.4, -0.2) is 36.3 Å². The van der Waals surface area contributed by atoms with Crippen LogP contribution in [0.5, 0.6) is 0 Å². The van der Waals surface area contributed by atoms with Crippen molar-refractivity contribution >= 4 is 23.2 Å². The van der Waals surface area contributed by atoms with Gasteiger partial charge in [-0.25, -0.2) is 0 Å². The third-order valence-corrected chi connectivity index (χ3v) is 6.34. The Kier molecular flexibility index (Phi) is 5.31. The van der Waals surface area contributed by atoms with Gasteiger partial charge in [-0.1, -0.05) is 49.6 Å². The first-order chi connectivity index (χ1) is 14.0. The van der Waals surface area contributed by atoms with Crippen molar-refractivity contribution in [2.45, 2.75) is 50.1 Å². The summed E-state index contributed by atoms with van der Waals surface area (Å²) in [6, 6.07) is 17.9. The molecule has 2 amide bonds. The fraction of sp³-hybridized carbons (Fsp3) is 0.417. The lowest BCUT2D eigenvalue weighted by molar-refractivity contribution is -0.166. The number of nitrogens with zero attached hydrogens (tertiary/aromatic N) is 2. The Labute approximate surface area is 172 Å². The van der Waals surface area contributed by atoms with Crippen molar-refractivity contribution in [3.05, 3.63) is 60.2 Å². The first kappa shape index (κ1) is 19.5. The number of carbonyl (C=O) groups is 2. The SMILES string of the molecule is CN(C)c1ccc(NC(=O)C2(N3C(=O)CC3c3ccccc3)CCCCC2)cc1. The molecule has 1 atom stereocenters. The highest BCUT2D eigenvalue weighted by molar-refractivity contribution is 6.02. The molecule has 4 rings (SSSR count). The third kappa shape index (κ3) is 3.61. The van der Waals surface area contributed by atoms with Crippen molar-refractivity contribution in [2.24, 2.45) is 0 Å². The summed E-state index contributed by atoms with van der Waals surface area (Å²) in [7, 11) is 3.98. The minimum absolute atomic E-state index is 0.0105. The molecule has 1 aliphatic carbocycles. The first-order valence-corrected chi connectivity index (χ1v) is 10.5. The summed E-state index contributed by atoms with van der Waals surface area (Å²) in [5, 5.41) is 3.11. The number of carbonyl (C=O) groups excluding carboxylic acids is 2. The number of likely N-dealkylation sites (tertiary alicyclic amines) is 1. The van der Waals surface area contributed by atoms with Gasteiger partial charge in [-0.2, -0.15) is 0 Å². The molecule has 2 aromatic rings. The molecule has 1 saturated carbocycles. The van der Waals surface area contributed by atoms with Crippen LogP contribution in [0.2, 0.25) is 0 Å². The number of anilines is 2. The molecule has 1 unspecified atom stereocenters. The molecule has 1 saturated heterocycles. The molecular weight excluding hydrogens is 362 g/mol. The van der Waals surface area contributed by atoms with Gasteiger partial charge in [-0.05, 0) is 42.7 Å². The second kappa shape index (κ2) is 7.90. The maximum atomic E-state index is 13.5. The number of β-lactam (4-membered cyclic amide) rings is 1. The average Bonchev–Trinajstić information content (AvgIpc) is 2.73. The molecule has 2 fully saturated rings. The lowest BCUT2D eigenvalue weighted by atomic mass is 9.75. The maximum absolute atomic E-state index is 13.5. The number of hydrogen-bond donors (Lipinski definition) is 1. The van der Waals surface area contributed by atoms with E-state index in [0.29, 0.717) is 6.42 Å². The van der Waals surface area contributed by atoms with Gasteiger partial charge < -0.3 is 15.1 Å². The molecule has 5 heteroatoms. The van der Waals surface area contributed by atoms with Crippen LogP contribution in [0.1, 0.15) is 50.1 Å². The Morgan fingerprint density at radius 2 is 1.66 bits per heavy atom. The van der Waals surface area contributed by atoms with Crippen LogP contribution in [-0.2, 0) is 9.59 Å². The van der Waals surface area contributed by atoms with E-state index >= 15 is 0 Å². The van der Waals surface area contributed by atoms with Crippen LogP contribution in [0.25, 0.3) is 0 Å². The number of benzene rings is 2. The highest BCUT2D eigenvalue weighted by atomic mass is 16.2. The van der Waals surface area contributed by atoms with Gasteiger partial charge in [0.05, 0.1) is 12.5 Å². The Bertz CT molecular complexity index is 871. The van der Waals surface area contributed by atoms with Crippen molar-refractivity contribution in [2.75, 3.05) is 24.3 Å². The van der Waals surface area contributed by atoms with Gasteiger partial charge in [-0.3, -0.25) is 9.59 Å². The largest absolute Gasteiger partial charge is 0.378 e. The van der Waals surface area contributed by atoms with E-state index in [1.165, 1.54) is 0 Å². The normalized spacial score (nSPS) is 20.7. The van der Waals surface area contributed by atoms with Gasteiger partial charge in [0.15, 0.2) is 0 Å². The molecule has 2 aromatic carbocycles. The molecule has 0 spiro atoms. The van der Waals surface area contributed by atoms with Crippen LogP contribution in [0.4, 0.5) is 11.4 Å². The fourth-order valence-corrected chi connectivity index (χ4v) is 4.70. The van der Waals surface area contributed by atoms with E-state index in [9.17, 15) is 9.59 Å². The molecule has 152 valence electrons. The second-order valence-electron chi connectivity index (χ2n) is 8.38. The summed E-state index contributed by atoms with van der Waals surface area (Å²) in [6.45, 7) is 0. The molecule has 1 aliphatic heterocycles. The van der Waals surface area contributed by atoms with E-state index in [2.05, 4.69) is 17.4 Å². The third-order valence-electron chi connectivity index (χ3n) is 6.34. The molecule has 1 N–H and O–H groups in total. The summed E-state index contributed by atoms with van der Waals surface area (Å²) in [5.41, 5.74) is 2.21. The van der Waals surface area contributed by atoms with E-state index in [0.717, 1.165) is 49.0 Å². The molecule has 29 heavy (non-hydrogen) atoms. The summed E-state index contributed by atoms with van der Waals surface area (Å²) in [6.07, 6.45) is 4.99. The Hall–Kier alpha value is -2.82. The summed E-state index contributed by atoms with van der Waals surface area (Å²) >= 11 is 0. The zero-order valence-corrected chi connectivity index (χ0v) is 17.2. The molecular formula is C24H29N3O2. The van der Waals surface area contributed by atoms with Crippen LogP contribution >= 0.6 is 0 Å². The van der Waals surface area contributed by atoms with Gasteiger partial charge in [0, 0.05) is 25.5 Å². The molecule has 0 aromatic heterocycles. The van der Waals surface area contributed by atoms with Crippen LogP contribution < -0.4 is 10.2 Å². The van der Waals surface area contributed by atoms with Crippen LogP contribution in [0.3, 0.4) is 0 Å². The topological polar surface area (TPSA) is 52.7 Å². The number of nitrogens with one attached hydrogen (secondary N) is 1. The predicted octanol–water partition coefficient (Wildman–Crippen LogP) is 4.37. The van der Waals surface area contributed by atoms with Crippen LogP contribution in [0, 0.1) is 0 Å². The van der Waals surface area contributed by atoms with Gasteiger partial charge in [0.25, 0.3) is 0 Å². The standard InChI is InChI=1S/C24H29N3O2/c1-26(2)20-13-11-19(12-14-20)25-23(29)24(15-7-4-8-16-24)27-21(17-22(27)28)18-9-5-3-6-10-18/h3,5-6,9-14,21H,4,7-8,15-17H2,1-2H3,(H,25,29). The molecule has 2 aliphatic rings. The Balaban J connectivity index is 1.60. The molecule has 0 radical (unpaired) electrons. The smallest absolute Gasteiger partial charge is 0.250 e. The molecule has 1 heterocycles. The Morgan fingerprint density at radius 3 is 2.24 bits per heavy atom. The monoisotopic (exact) mass is 391 g/mol. The van der Waals surface area contributed by atoms with Crippen molar-refractivity contribution in [1.29, 1.82) is 0 Å². The van der Waals surface area contributed by atoms with E-state index in [1.54, 1.807) is 0 Å². The minimum atomic E-state index is -0.756. The number of hydrogen-bond acceptors (Lipinski definition) is 3. The van der Waals surface area contributed by atoms with Gasteiger partial charge >= 0.3 is 0 Å². The highest BCUT2D eigenvalue weighted by Crippen LogP contribution is 2.46. The molecule has 0 bridgehead atoms. The van der Waals surface area contributed by atoms with Gasteiger partial charge in [0.2, 0.25) is 11.8 Å². The van der Waals surface area contributed by atoms with Crippen molar-refractivity contribution in [3.8, 4) is 0 Å². The zero-order chi connectivity index (χ0) is 20.4. The van der Waals surface area contributed by atoms with Crippen LogP contribution in [0.15, 0.2) is 54.6 Å². The average molecular weight is 392 g/mol. The highest BCUT2D eigenvalue weighted by Gasteiger charge is 2.54. The van der Waals surface area contributed by atoms with E-state index in [-0.39, 0.29) is 17.9 Å². The van der Waals surface area contributed by atoms with E-state index < -0.39 is 5.54 Å². The van der Waals surface area contributed by atoms with E-state index in [1.807, 2.05) is 66.4 Å². The Morgan fingerprint density at radius 1 is 1.00 bits per heavy atom. The zero-order valence-electron chi connectivity index (χ0n) is 17.2. The molecule has 5 nitrogen and oxygen atoms in total. The minimum Gasteiger partial charge on any atom is -0.378 e. The quantitative estimate of drug-likeness (QED) is 0.770. The van der Waals surface area contributed by atoms with E-state index in [4.69, 9.17) is 0 Å².